The highest BCUT2D eigenvalue weighted by atomic mass is 16.3. The van der Waals surface area contributed by atoms with Crippen molar-refractivity contribution in [1.29, 1.82) is 0 Å². The van der Waals surface area contributed by atoms with Gasteiger partial charge in [-0.05, 0) is 28.3 Å². The van der Waals surface area contributed by atoms with Crippen LogP contribution in [-0.2, 0) is 0 Å². The molecule has 0 aliphatic heterocycles. The fraction of sp³-hybridized carbons (Fsp3) is 0.600. The summed E-state index contributed by atoms with van der Waals surface area (Å²) in [6.07, 6.45) is -0.520. The van der Waals surface area contributed by atoms with E-state index in [0.717, 1.165) is 5.56 Å². The molecule has 0 fully saturated rings. The van der Waals surface area contributed by atoms with Crippen LogP contribution in [0.3, 0.4) is 0 Å². The van der Waals surface area contributed by atoms with E-state index in [-0.39, 0.29) is 17.3 Å². The second-order valence-corrected chi connectivity index (χ2v) is 6.09. The van der Waals surface area contributed by atoms with Crippen LogP contribution in [0.2, 0.25) is 0 Å². The summed E-state index contributed by atoms with van der Waals surface area (Å²) < 4.78 is 0. The Hall–Kier alpha value is -1.51. The van der Waals surface area contributed by atoms with Crippen molar-refractivity contribution in [3.8, 4) is 0 Å². The van der Waals surface area contributed by atoms with E-state index in [1.54, 1.807) is 0 Å². The van der Waals surface area contributed by atoms with Crippen molar-refractivity contribution < 1.29 is 5.11 Å². The molecule has 4 nitrogen and oxygen atoms in total. The summed E-state index contributed by atoms with van der Waals surface area (Å²) in [5.74, 6) is 0.0548. The minimum absolute atomic E-state index is 0.0849. The average molecular weight is 261 g/mol. The molecule has 0 aliphatic carbocycles. The molecule has 0 heterocycles. The molecule has 19 heavy (non-hydrogen) atoms. The lowest BCUT2D eigenvalue weighted by Gasteiger charge is -2.36. The Bertz CT molecular complexity index is 432. The van der Waals surface area contributed by atoms with Gasteiger partial charge < -0.3 is 5.11 Å². The first kappa shape index (κ1) is 15.5. The van der Waals surface area contributed by atoms with Gasteiger partial charge in [0, 0.05) is 11.5 Å². The molecule has 1 rings (SSSR count). The first-order valence-electron chi connectivity index (χ1n) is 6.61. The zero-order valence-electron chi connectivity index (χ0n) is 12.1. The van der Waals surface area contributed by atoms with Gasteiger partial charge in [0.2, 0.25) is 0 Å². The number of azide groups is 1. The molecule has 0 amide bonds. The Balaban J connectivity index is 3.00. The van der Waals surface area contributed by atoms with E-state index in [0.29, 0.717) is 6.54 Å². The second kappa shape index (κ2) is 6.60. The minimum Gasteiger partial charge on any atom is -0.392 e. The monoisotopic (exact) mass is 261 g/mol. The van der Waals surface area contributed by atoms with Crippen LogP contribution in [0.5, 0.6) is 0 Å². The third-order valence-corrected chi connectivity index (χ3v) is 3.62. The topological polar surface area (TPSA) is 69.0 Å². The van der Waals surface area contributed by atoms with Gasteiger partial charge in [0.25, 0.3) is 0 Å². The van der Waals surface area contributed by atoms with Gasteiger partial charge in [0.1, 0.15) is 0 Å². The largest absolute Gasteiger partial charge is 0.392 e. The predicted octanol–water partition coefficient (Wildman–Crippen LogP) is 4.12. The third kappa shape index (κ3) is 4.27. The van der Waals surface area contributed by atoms with Crippen LogP contribution in [-0.4, -0.2) is 17.8 Å². The maximum atomic E-state index is 10.5. The Labute approximate surface area is 115 Å². The molecule has 0 aliphatic rings. The Kier molecular flexibility index (Phi) is 5.40. The van der Waals surface area contributed by atoms with E-state index in [1.807, 2.05) is 51.1 Å². The van der Waals surface area contributed by atoms with Crippen molar-refractivity contribution in [1.82, 2.24) is 0 Å². The molecule has 0 unspecified atom stereocenters. The zero-order chi connectivity index (χ0) is 14.5. The van der Waals surface area contributed by atoms with E-state index in [4.69, 9.17) is 5.53 Å². The molecule has 1 N–H and O–H groups in total. The van der Waals surface area contributed by atoms with E-state index in [1.165, 1.54) is 0 Å². The second-order valence-electron chi connectivity index (χ2n) is 6.09. The van der Waals surface area contributed by atoms with Crippen molar-refractivity contribution in [3.63, 3.8) is 0 Å². The molecule has 3 atom stereocenters. The first-order valence-corrected chi connectivity index (χ1v) is 6.61. The van der Waals surface area contributed by atoms with Gasteiger partial charge >= 0.3 is 0 Å². The van der Waals surface area contributed by atoms with Gasteiger partial charge in [0.05, 0.1) is 6.10 Å². The minimum atomic E-state index is -0.520. The number of benzene rings is 1. The Morgan fingerprint density at radius 2 is 1.84 bits per heavy atom. The maximum Gasteiger partial charge on any atom is 0.0623 e. The molecule has 1 aromatic carbocycles. The lowest BCUT2D eigenvalue weighted by Crippen LogP contribution is -2.38. The molecular weight excluding hydrogens is 238 g/mol. The highest BCUT2D eigenvalue weighted by Crippen LogP contribution is 2.34. The van der Waals surface area contributed by atoms with E-state index in [9.17, 15) is 5.11 Å². The molecule has 0 aromatic heterocycles. The molecule has 0 spiro atoms. The number of rotatable bonds is 5. The maximum absolute atomic E-state index is 10.5. The van der Waals surface area contributed by atoms with Gasteiger partial charge in [-0.3, -0.25) is 0 Å². The standard InChI is InChI=1S/C15H23N3O/c1-11(12-8-6-5-7-9-12)13(10-17-18-16)14(19)15(2,3)4/h5-9,11,13-14,19H,10H2,1-4H3/t11-,13+,14-/m1/s1. The molecule has 1 aromatic rings. The van der Waals surface area contributed by atoms with Crippen LogP contribution < -0.4 is 0 Å². The van der Waals surface area contributed by atoms with Crippen LogP contribution >= 0.6 is 0 Å². The van der Waals surface area contributed by atoms with Crippen molar-refractivity contribution >= 4 is 0 Å². The van der Waals surface area contributed by atoms with Crippen molar-refractivity contribution in [2.75, 3.05) is 6.54 Å². The van der Waals surface area contributed by atoms with E-state index in [2.05, 4.69) is 16.9 Å². The lowest BCUT2D eigenvalue weighted by molar-refractivity contribution is 0.00651. The van der Waals surface area contributed by atoms with Crippen LogP contribution in [0, 0.1) is 11.3 Å². The molecule has 0 saturated carbocycles. The Morgan fingerprint density at radius 3 is 2.32 bits per heavy atom. The summed E-state index contributed by atoms with van der Waals surface area (Å²) in [6.45, 7) is 8.38. The molecular formula is C15H23N3O. The fourth-order valence-corrected chi connectivity index (χ4v) is 2.31. The van der Waals surface area contributed by atoms with Gasteiger partial charge in [-0.1, -0.05) is 63.1 Å². The highest BCUT2D eigenvalue weighted by molar-refractivity contribution is 5.20. The summed E-state index contributed by atoms with van der Waals surface area (Å²) in [5, 5.41) is 14.2. The molecule has 104 valence electrons. The molecule has 0 radical (unpaired) electrons. The predicted molar refractivity (Wildman–Crippen MR) is 77.8 cm³/mol. The van der Waals surface area contributed by atoms with Crippen LogP contribution in [0.4, 0.5) is 0 Å². The summed E-state index contributed by atoms with van der Waals surface area (Å²) in [5.41, 5.74) is 9.45. The summed E-state index contributed by atoms with van der Waals surface area (Å²) in [7, 11) is 0. The number of hydrogen-bond donors (Lipinski definition) is 1. The zero-order valence-corrected chi connectivity index (χ0v) is 12.1. The summed E-state index contributed by atoms with van der Waals surface area (Å²) >= 11 is 0. The quantitative estimate of drug-likeness (QED) is 0.483. The van der Waals surface area contributed by atoms with Crippen molar-refractivity contribution in [2.45, 2.75) is 39.7 Å². The van der Waals surface area contributed by atoms with Gasteiger partial charge in [-0.15, -0.1) is 0 Å². The van der Waals surface area contributed by atoms with Crippen LogP contribution in [0.1, 0.15) is 39.2 Å². The molecule has 0 saturated heterocycles. The number of aliphatic hydroxyl groups excluding tert-OH is 1. The SMILES string of the molecule is C[C@H](c1ccccc1)[C@H](CN=[N+]=[N-])[C@@H](O)C(C)(C)C. The van der Waals surface area contributed by atoms with Crippen LogP contribution in [0.15, 0.2) is 35.4 Å². The number of hydrogen-bond acceptors (Lipinski definition) is 2. The smallest absolute Gasteiger partial charge is 0.0623 e. The third-order valence-electron chi connectivity index (χ3n) is 3.62. The molecule has 4 heteroatoms. The van der Waals surface area contributed by atoms with Crippen molar-refractivity contribution in [3.05, 3.63) is 46.3 Å². The highest BCUT2D eigenvalue weighted by Gasteiger charge is 2.33. The van der Waals surface area contributed by atoms with Gasteiger partial charge in [-0.25, -0.2) is 0 Å². The van der Waals surface area contributed by atoms with Gasteiger partial charge in [0.15, 0.2) is 0 Å². The first-order chi connectivity index (χ1) is 8.88. The average Bonchev–Trinajstić information content (AvgIpc) is 2.38. The summed E-state index contributed by atoms with van der Waals surface area (Å²) in [6, 6.07) is 10.0. The van der Waals surface area contributed by atoms with Gasteiger partial charge in [-0.2, -0.15) is 0 Å². The van der Waals surface area contributed by atoms with Crippen LogP contribution in [0.25, 0.3) is 10.4 Å². The lowest BCUT2D eigenvalue weighted by atomic mass is 9.74. The summed E-state index contributed by atoms with van der Waals surface area (Å²) in [4.78, 5) is 2.83. The van der Waals surface area contributed by atoms with E-state index < -0.39 is 6.10 Å². The number of aliphatic hydroxyl groups is 1. The molecule has 0 bridgehead atoms. The van der Waals surface area contributed by atoms with E-state index >= 15 is 0 Å². The normalized spacial score (nSPS) is 16.3. The Morgan fingerprint density at radius 1 is 1.26 bits per heavy atom. The van der Waals surface area contributed by atoms with Crippen molar-refractivity contribution in [2.24, 2.45) is 16.4 Å². The number of nitrogens with zero attached hydrogens (tertiary/aromatic N) is 3. The fourth-order valence-electron chi connectivity index (χ4n) is 2.31.